The molecule has 0 aromatic carbocycles. The number of halogens is 1. The van der Waals surface area contributed by atoms with Gasteiger partial charge in [0.15, 0.2) is 0 Å². The Labute approximate surface area is 106 Å². The predicted molar refractivity (Wildman–Crippen MR) is 68.6 cm³/mol. The fourth-order valence-electron chi connectivity index (χ4n) is 2.24. The second kappa shape index (κ2) is 6.60. The number of carbonyl (C=O) groups is 1. The first-order valence-corrected chi connectivity index (χ1v) is 7.05. The van der Waals surface area contributed by atoms with Gasteiger partial charge in [-0.15, -0.1) is 0 Å². The van der Waals surface area contributed by atoms with E-state index in [0.717, 1.165) is 12.8 Å². The molecule has 0 heterocycles. The van der Waals surface area contributed by atoms with Crippen LogP contribution in [0.25, 0.3) is 0 Å². The molecule has 0 aromatic rings. The summed E-state index contributed by atoms with van der Waals surface area (Å²) in [5.74, 6) is 0.422. The van der Waals surface area contributed by atoms with Crippen molar-refractivity contribution in [1.29, 1.82) is 0 Å². The topological polar surface area (TPSA) is 40.5 Å². The molecule has 1 amide bonds. The van der Waals surface area contributed by atoms with E-state index >= 15 is 0 Å². The van der Waals surface area contributed by atoms with Crippen LogP contribution in [0.1, 0.15) is 39.5 Å². The Morgan fingerprint density at radius 3 is 2.44 bits per heavy atom. The lowest BCUT2D eigenvalue weighted by atomic mass is 10.1. The lowest BCUT2D eigenvalue weighted by Crippen LogP contribution is -2.45. The number of nitrogens with zero attached hydrogens (tertiary/aromatic N) is 1. The maximum absolute atomic E-state index is 12.2. The average molecular weight is 292 g/mol. The molecule has 94 valence electrons. The van der Waals surface area contributed by atoms with Crippen molar-refractivity contribution in [1.82, 2.24) is 4.90 Å². The molecule has 1 fully saturated rings. The monoisotopic (exact) mass is 291 g/mol. The van der Waals surface area contributed by atoms with Crippen LogP contribution in [-0.4, -0.2) is 39.9 Å². The summed E-state index contributed by atoms with van der Waals surface area (Å²) in [4.78, 5) is 14.0. The zero-order chi connectivity index (χ0) is 12.1. The van der Waals surface area contributed by atoms with Crippen molar-refractivity contribution in [3.63, 3.8) is 0 Å². The van der Waals surface area contributed by atoms with Gasteiger partial charge in [0.25, 0.3) is 0 Å². The summed E-state index contributed by atoms with van der Waals surface area (Å²) < 4.78 is 0. The fraction of sp³-hybridized carbons (Fsp3) is 0.917. The van der Waals surface area contributed by atoms with E-state index in [1.165, 1.54) is 12.8 Å². The summed E-state index contributed by atoms with van der Waals surface area (Å²) in [6.45, 7) is 4.59. The van der Waals surface area contributed by atoms with E-state index in [9.17, 15) is 4.79 Å². The third kappa shape index (κ3) is 3.45. The molecular weight excluding hydrogens is 270 g/mol. The molecule has 16 heavy (non-hydrogen) atoms. The summed E-state index contributed by atoms with van der Waals surface area (Å²) in [5.41, 5.74) is 0. The van der Waals surface area contributed by atoms with Gasteiger partial charge in [0.2, 0.25) is 5.91 Å². The summed E-state index contributed by atoms with van der Waals surface area (Å²) in [5, 5.41) is 9.06. The average Bonchev–Trinajstić information content (AvgIpc) is 2.76. The lowest BCUT2D eigenvalue weighted by molar-refractivity contribution is -0.134. The van der Waals surface area contributed by atoms with E-state index in [1.807, 2.05) is 18.7 Å². The lowest BCUT2D eigenvalue weighted by Gasteiger charge is -2.31. The second-order valence-corrected chi connectivity index (χ2v) is 5.83. The van der Waals surface area contributed by atoms with Gasteiger partial charge in [-0.25, -0.2) is 0 Å². The standard InChI is InChI=1S/C12H22BrNO2/c1-9(2)11(13)12(16)14(7-8-15)10-5-3-4-6-10/h9-11,15H,3-8H2,1-2H3. The van der Waals surface area contributed by atoms with Crippen LogP contribution in [0, 0.1) is 5.92 Å². The first kappa shape index (κ1) is 14.0. The van der Waals surface area contributed by atoms with Gasteiger partial charge in [0.1, 0.15) is 0 Å². The molecule has 1 saturated carbocycles. The van der Waals surface area contributed by atoms with E-state index in [0.29, 0.717) is 12.6 Å². The molecule has 4 heteroatoms. The number of aliphatic hydroxyl groups excluding tert-OH is 1. The zero-order valence-electron chi connectivity index (χ0n) is 10.2. The minimum atomic E-state index is -0.125. The highest BCUT2D eigenvalue weighted by molar-refractivity contribution is 9.10. The molecule has 0 spiro atoms. The number of alkyl halides is 1. The maximum Gasteiger partial charge on any atom is 0.236 e. The van der Waals surface area contributed by atoms with Gasteiger partial charge >= 0.3 is 0 Å². The highest BCUT2D eigenvalue weighted by atomic mass is 79.9. The summed E-state index contributed by atoms with van der Waals surface area (Å²) in [6.07, 6.45) is 4.58. The largest absolute Gasteiger partial charge is 0.395 e. The van der Waals surface area contributed by atoms with Crippen molar-refractivity contribution in [3.05, 3.63) is 0 Å². The van der Waals surface area contributed by atoms with Crippen LogP contribution in [0.15, 0.2) is 0 Å². The van der Waals surface area contributed by atoms with E-state index in [4.69, 9.17) is 5.11 Å². The SMILES string of the molecule is CC(C)C(Br)C(=O)N(CCO)C1CCCC1. The third-order valence-electron chi connectivity index (χ3n) is 3.21. The van der Waals surface area contributed by atoms with Crippen molar-refractivity contribution < 1.29 is 9.90 Å². The van der Waals surface area contributed by atoms with Crippen molar-refractivity contribution in [2.24, 2.45) is 5.92 Å². The Hall–Kier alpha value is -0.0900. The van der Waals surface area contributed by atoms with Gasteiger partial charge in [-0.3, -0.25) is 4.79 Å². The Balaban J connectivity index is 2.64. The molecule has 1 N–H and O–H groups in total. The van der Waals surface area contributed by atoms with Gasteiger partial charge in [-0.2, -0.15) is 0 Å². The summed E-state index contributed by atoms with van der Waals surface area (Å²) in [6, 6.07) is 0.346. The smallest absolute Gasteiger partial charge is 0.236 e. The number of amides is 1. The van der Waals surface area contributed by atoms with Crippen molar-refractivity contribution in [3.8, 4) is 0 Å². The number of carbonyl (C=O) groups excluding carboxylic acids is 1. The molecular formula is C12H22BrNO2. The highest BCUT2D eigenvalue weighted by Gasteiger charge is 2.30. The van der Waals surface area contributed by atoms with Crippen LogP contribution in [-0.2, 0) is 4.79 Å². The van der Waals surface area contributed by atoms with E-state index < -0.39 is 0 Å². The molecule has 1 aliphatic rings. The van der Waals surface area contributed by atoms with Crippen molar-refractivity contribution in [2.75, 3.05) is 13.2 Å². The van der Waals surface area contributed by atoms with Gasteiger partial charge in [-0.05, 0) is 18.8 Å². The fourth-order valence-corrected chi connectivity index (χ4v) is 2.50. The second-order valence-electron chi connectivity index (χ2n) is 4.84. The number of hydrogen-bond donors (Lipinski definition) is 1. The number of aliphatic hydroxyl groups is 1. The third-order valence-corrected chi connectivity index (χ3v) is 4.66. The van der Waals surface area contributed by atoms with Crippen LogP contribution in [0.3, 0.4) is 0 Å². The molecule has 0 radical (unpaired) electrons. The Morgan fingerprint density at radius 2 is 2.00 bits per heavy atom. The molecule has 1 aliphatic carbocycles. The van der Waals surface area contributed by atoms with E-state index in [-0.39, 0.29) is 23.3 Å². The molecule has 1 unspecified atom stereocenters. The molecule has 0 aliphatic heterocycles. The molecule has 1 rings (SSSR count). The summed E-state index contributed by atoms with van der Waals surface area (Å²) >= 11 is 3.45. The number of rotatable bonds is 5. The Kier molecular flexibility index (Phi) is 5.76. The van der Waals surface area contributed by atoms with Crippen LogP contribution >= 0.6 is 15.9 Å². The normalized spacial score (nSPS) is 19.1. The Bertz CT molecular complexity index is 227. The van der Waals surface area contributed by atoms with Gasteiger partial charge in [0.05, 0.1) is 11.4 Å². The van der Waals surface area contributed by atoms with E-state index in [1.54, 1.807) is 0 Å². The minimum Gasteiger partial charge on any atom is -0.395 e. The van der Waals surface area contributed by atoms with Crippen molar-refractivity contribution >= 4 is 21.8 Å². The molecule has 3 nitrogen and oxygen atoms in total. The van der Waals surface area contributed by atoms with Crippen LogP contribution in [0.4, 0.5) is 0 Å². The van der Waals surface area contributed by atoms with Gasteiger partial charge < -0.3 is 10.0 Å². The zero-order valence-corrected chi connectivity index (χ0v) is 11.7. The first-order chi connectivity index (χ1) is 7.57. The van der Waals surface area contributed by atoms with Crippen LogP contribution < -0.4 is 0 Å². The van der Waals surface area contributed by atoms with Gasteiger partial charge in [0, 0.05) is 12.6 Å². The van der Waals surface area contributed by atoms with Crippen molar-refractivity contribution in [2.45, 2.75) is 50.4 Å². The molecule has 1 atom stereocenters. The van der Waals surface area contributed by atoms with Crippen LogP contribution in [0.2, 0.25) is 0 Å². The van der Waals surface area contributed by atoms with Crippen LogP contribution in [0.5, 0.6) is 0 Å². The maximum atomic E-state index is 12.2. The predicted octanol–water partition coefficient (Wildman–Crippen LogP) is 2.17. The molecule has 0 bridgehead atoms. The Morgan fingerprint density at radius 1 is 1.44 bits per heavy atom. The summed E-state index contributed by atoms with van der Waals surface area (Å²) in [7, 11) is 0. The number of hydrogen-bond acceptors (Lipinski definition) is 2. The quantitative estimate of drug-likeness (QED) is 0.789. The molecule has 0 aromatic heterocycles. The minimum absolute atomic E-state index is 0.0556. The van der Waals surface area contributed by atoms with Gasteiger partial charge in [-0.1, -0.05) is 42.6 Å². The highest BCUT2D eigenvalue weighted by Crippen LogP contribution is 2.26. The molecule has 0 saturated heterocycles. The van der Waals surface area contributed by atoms with E-state index in [2.05, 4.69) is 15.9 Å². The first-order valence-electron chi connectivity index (χ1n) is 6.13.